The molecular weight excluding hydrogens is 445 g/mol. The van der Waals surface area contributed by atoms with Crippen LogP contribution < -0.4 is 5.09 Å². The van der Waals surface area contributed by atoms with Gasteiger partial charge < -0.3 is 0 Å². The molecule has 0 aliphatic carbocycles. The molecule has 1 aromatic rings. The topological polar surface area (TPSA) is 12.0 Å². The fourth-order valence-corrected chi connectivity index (χ4v) is 3.74. The zero-order chi connectivity index (χ0) is 16.6. The van der Waals surface area contributed by atoms with Crippen molar-refractivity contribution in [2.75, 3.05) is 5.09 Å². The molecule has 0 saturated heterocycles. The fourth-order valence-electron chi connectivity index (χ4n) is 2.42. The summed E-state index contributed by atoms with van der Waals surface area (Å²) in [4.78, 5) is 0. The van der Waals surface area contributed by atoms with Crippen molar-refractivity contribution in [3.63, 3.8) is 0 Å². The van der Waals surface area contributed by atoms with Crippen molar-refractivity contribution in [3.8, 4) is 0 Å². The molecule has 0 aromatic heterocycles. The van der Waals surface area contributed by atoms with Crippen molar-refractivity contribution in [1.82, 2.24) is 0 Å². The molecular formula is C18H30NPW. The second kappa shape index (κ2) is 6.25. The minimum absolute atomic E-state index is 0.142. The van der Waals surface area contributed by atoms with E-state index >= 15 is 0 Å². The van der Waals surface area contributed by atoms with Crippen LogP contribution in [0.2, 0.25) is 0 Å². The molecule has 0 heterocycles. The van der Waals surface area contributed by atoms with E-state index in [-0.39, 0.29) is 16.2 Å². The molecule has 0 bridgehead atoms. The molecule has 21 heavy (non-hydrogen) atoms. The molecule has 0 aliphatic rings. The summed E-state index contributed by atoms with van der Waals surface area (Å²) in [5, 5.41) is 3.65. The van der Waals surface area contributed by atoms with Gasteiger partial charge in [-0.2, -0.15) is 0 Å². The molecule has 0 aliphatic heterocycles. The van der Waals surface area contributed by atoms with Crippen molar-refractivity contribution < 1.29 is 18.8 Å². The van der Waals surface area contributed by atoms with Crippen LogP contribution in [0.4, 0.5) is 5.69 Å². The van der Waals surface area contributed by atoms with Crippen molar-refractivity contribution >= 4 is 12.1 Å². The first-order valence-electron chi connectivity index (χ1n) is 7.56. The van der Waals surface area contributed by atoms with Crippen LogP contribution in [0.15, 0.2) is 12.1 Å². The van der Waals surface area contributed by atoms with Gasteiger partial charge in [-0.1, -0.05) is 0 Å². The van der Waals surface area contributed by atoms with Gasteiger partial charge in [0.05, 0.1) is 0 Å². The fraction of sp³-hybridized carbons (Fsp3) is 0.667. The van der Waals surface area contributed by atoms with Gasteiger partial charge in [-0.05, 0) is 0 Å². The molecule has 0 atom stereocenters. The van der Waals surface area contributed by atoms with Gasteiger partial charge in [0.15, 0.2) is 0 Å². The molecule has 118 valence electrons. The minimum atomic E-state index is 0.142. The molecule has 1 aromatic carbocycles. The molecule has 3 heteroatoms. The maximum absolute atomic E-state index is 3.65. The van der Waals surface area contributed by atoms with E-state index in [2.05, 4.69) is 79.5 Å². The Bertz CT molecular complexity index is 493. The van der Waals surface area contributed by atoms with Gasteiger partial charge in [-0.3, -0.25) is 0 Å². The summed E-state index contributed by atoms with van der Waals surface area (Å²) in [6.45, 7) is 20.8. The number of hydrogen-bond acceptors (Lipinski definition) is 1. The Morgan fingerprint density at radius 3 is 1.38 bits per heavy atom. The van der Waals surface area contributed by atoms with Crippen LogP contribution >= 0.6 is 6.37 Å². The summed E-state index contributed by atoms with van der Waals surface area (Å²) in [5.41, 5.74) is 6.12. The Balaban J connectivity index is 3.79. The normalized spacial score (nSPS) is 13.6. The van der Waals surface area contributed by atoms with E-state index in [0.29, 0.717) is 0 Å². The Hall–Kier alpha value is 0.00831. The van der Waals surface area contributed by atoms with Crippen molar-refractivity contribution in [1.29, 1.82) is 0 Å². The van der Waals surface area contributed by atoms with Gasteiger partial charge in [0.25, 0.3) is 0 Å². The molecule has 0 saturated carbocycles. The van der Waals surface area contributed by atoms with Gasteiger partial charge in [-0.25, -0.2) is 0 Å². The number of benzene rings is 1. The monoisotopic (exact) mass is 475 g/mol. The summed E-state index contributed by atoms with van der Waals surface area (Å²) in [5.74, 6) is 0. The second-order valence-corrected chi connectivity index (χ2v) is 11.3. The quantitative estimate of drug-likeness (QED) is 0.495. The van der Waals surface area contributed by atoms with Gasteiger partial charge in [-0.15, -0.1) is 0 Å². The van der Waals surface area contributed by atoms with Crippen LogP contribution in [0.1, 0.15) is 79.0 Å². The van der Waals surface area contributed by atoms with Crippen molar-refractivity contribution in [2.45, 2.75) is 78.6 Å². The Morgan fingerprint density at radius 1 is 0.762 bits per heavy atom. The van der Waals surface area contributed by atoms with Gasteiger partial charge in [0.2, 0.25) is 0 Å². The van der Waals surface area contributed by atoms with Gasteiger partial charge in [0.1, 0.15) is 0 Å². The summed E-state index contributed by atoms with van der Waals surface area (Å²) < 4.78 is 0. The Morgan fingerprint density at radius 2 is 1.14 bits per heavy atom. The van der Waals surface area contributed by atoms with E-state index in [4.69, 9.17) is 0 Å². The molecule has 0 amide bonds. The third-order valence-corrected chi connectivity index (χ3v) is 5.08. The average Bonchev–Trinajstić information content (AvgIpc) is 2.24. The standard InChI is InChI=1S/C18H30NP.W/c1-16(2,3)12-10-13(17(4,5)6)15(19-20)14(11-12)18(7,8)9;/h10-11,19H,1-9H3;. The average molecular weight is 475 g/mol. The predicted molar refractivity (Wildman–Crippen MR) is 93.1 cm³/mol. The summed E-state index contributed by atoms with van der Waals surface area (Å²) >= 11 is 1.55. The van der Waals surface area contributed by atoms with E-state index in [0.717, 1.165) is 0 Å². The van der Waals surface area contributed by atoms with E-state index in [1.807, 2.05) is 0 Å². The Kier molecular flexibility index (Phi) is 5.67. The Labute approximate surface area is 143 Å². The third kappa shape index (κ3) is 4.74. The maximum atomic E-state index is 3.65. The van der Waals surface area contributed by atoms with Crippen LogP contribution in [0.5, 0.6) is 0 Å². The zero-order valence-corrected chi connectivity index (χ0v) is 18.8. The molecule has 0 fully saturated rings. The van der Waals surface area contributed by atoms with Crippen LogP contribution in [-0.4, -0.2) is 0 Å². The number of rotatable bonds is 2. The van der Waals surface area contributed by atoms with Crippen LogP contribution in [0.3, 0.4) is 0 Å². The third-order valence-electron chi connectivity index (χ3n) is 3.78. The summed E-state index contributed by atoms with van der Waals surface area (Å²) in [7, 11) is 0. The van der Waals surface area contributed by atoms with Crippen molar-refractivity contribution in [2.24, 2.45) is 0 Å². The number of nitrogens with one attached hydrogen (secondary N) is 1. The van der Waals surface area contributed by atoms with Crippen molar-refractivity contribution in [3.05, 3.63) is 28.8 Å². The van der Waals surface area contributed by atoms with E-state index in [1.54, 1.807) is 18.8 Å². The molecule has 1 N–H and O–H groups in total. The van der Waals surface area contributed by atoms with E-state index < -0.39 is 0 Å². The summed E-state index contributed by atoms with van der Waals surface area (Å²) in [6.07, 6.45) is 1.28. The van der Waals surface area contributed by atoms with Gasteiger partial charge in [0, 0.05) is 0 Å². The summed E-state index contributed by atoms with van der Waals surface area (Å²) in [6, 6.07) is 4.83. The first-order valence-corrected chi connectivity index (χ1v) is 12.3. The first kappa shape index (κ1) is 19.1. The molecule has 0 spiro atoms. The van der Waals surface area contributed by atoms with Crippen LogP contribution in [0.25, 0.3) is 0 Å². The predicted octanol–water partition coefficient (Wildman–Crippen LogP) is 6.31. The van der Waals surface area contributed by atoms with Crippen LogP contribution in [0, 0.1) is 0 Å². The zero-order valence-electron chi connectivity index (χ0n) is 15.0. The molecule has 0 unspecified atom stereocenters. The van der Waals surface area contributed by atoms with E-state index in [9.17, 15) is 0 Å². The van der Waals surface area contributed by atoms with Crippen LogP contribution in [-0.2, 0) is 35.1 Å². The molecule has 0 radical (unpaired) electrons. The first-order chi connectivity index (χ1) is 9.28. The second-order valence-electron chi connectivity index (χ2n) is 8.90. The number of anilines is 1. The van der Waals surface area contributed by atoms with Gasteiger partial charge >= 0.3 is 143 Å². The molecule has 1 nitrogen and oxygen atoms in total. The molecule has 1 rings (SSSR count). The number of hydrogen-bond donors (Lipinski definition) is 1. The van der Waals surface area contributed by atoms with E-state index in [1.165, 1.54) is 28.7 Å². The SMILES string of the molecule is CC(C)(C)c1cc(C(C)(C)C)c(N[P]=[W])c(C(C)(C)C)c1.